The molecule has 1 aromatic heterocycles. The molecule has 0 aliphatic carbocycles. The van der Waals surface area contributed by atoms with E-state index < -0.39 is 0 Å². The average Bonchev–Trinajstić information content (AvgIpc) is 2.65. The van der Waals surface area contributed by atoms with Gasteiger partial charge < -0.3 is 14.6 Å². The Morgan fingerprint density at radius 1 is 1.60 bits per heavy atom. The highest BCUT2D eigenvalue weighted by molar-refractivity contribution is 7.98. The Labute approximate surface area is 93.6 Å². The Morgan fingerprint density at radius 2 is 2.47 bits per heavy atom. The smallest absolute Gasteiger partial charge is 0.276 e. The second-order valence-electron chi connectivity index (χ2n) is 3.78. The van der Waals surface area contributed by atoms with Crippen LogP contribution in [0.4, 0.5) is 0 Å². The zero-order valence-corrected chi connectivity index (χ0v) is 9.88. The topological polar surface area (TPSA) is 54.2 Å². The Hall–Kier alpha value is -0.590. The van der Waals surface area contributed by atoms with Crippen molar-refractivity contribution in [3.05, 3.63) is 5.89 Å². The highest BCUT2D eigenvalue weighted by Crippen LogP contribution is 2.13. The molecule has 1 aliphatic rings. The van der Waals surface area contributed by atoms with E-state index in [4.69, 9.17) is 4.42 Å². The van der Waals surface area contributed by atoms with Gasteiger partial charge in [0, 0.05) is 32.1 Å². The molecule has 1 aromatic rings. The molecule has 1 atom stereocenters. The molecule has 84 valence electrons. The standard InChI is InChI=1S/C9H16N4OS/c1-13-4-3-10-7(6-13)5-8-11-12-9(14-8)15-2/h7,10H,3-6H2,1-2H3. The van der Waals surface area contributed by atoms with Gasteiger partial charge in [-0.15, -0.1) is 10.2 Å². The quantitative estimate of drug-likeness (QED) is 0.748. The third-order valence-electron chi connectivity index (χ3n) is 2.50. The number of hydrogen-bond acceptors (Lipinski definition) is 6. The lowest BCUT2D eigenvalue weighted by Crippen LogP contribution is -2.49. The maximum Gasteiger partial charge on any atom is 0.276 e. The van der Waals surface area contributed by atoms with Gasteiger partial charge in [0.05, 0.1) is 0 Å². The van der Waals surface area contributed by atoms with Gasteiger partial charge in [-0.05, 0) is 13.3 Å². The number of nitrogens with zero attached hydrogens (tertiary/aromatic N) is 3. The summed E-state index contributed by atoms with van der Waals surface area (Å²) in [6.07, 6.45) is 2.75. The minimum atomic E-state index is 0.430. The van der Waals surface area contributed by atoms with Crippen LogP contribution in [0.3, 0.4) is 0 Å². The van der Waals surface area contributed by atoms with E-state index in [1.165, 1.54) is 11.8 Å². The first-order valence-corrected chi connectivity index (χ1v) is 6.28. The lowest BCUT2D eigenvalue weighted by atomic mass is 10.1. The van der Waals surface area contributed by atoms with Gasteiger partial charge in [0.2, 0.25) is 5.89 Å². The molecular weight excluding hydrogens is 212 g/mol. The summed E-state index contributed by atoms with van der Waals surface area (Å²) in [6, 6.07) is 0.430. The predicted molar refractivity (Wildman–Crippen MR) is 59.1 cm³/mol. The molecule has 0 spiro atoms. The predicted octanol–water partition coefficient (Wildman–Crippen LogP) is 0.238. The van der Waals surface area contributed by atoms with E-state index >= 15 is 0 Å². The van der Waals surface area contributed by atoms with E-state index in [1.807, 2.05) is 6.26 Å². The fraction of sp³-hybridized carbons (Fsp3) is 0.778. The largest absolute Gasteiger partial charge is 0.416 e. The first kappa shape index (κ1) is 10.9. The summed E-state index contributed by atoms with van der Waals surface area (Å²) in [5.74, 6) is 0.729. The molecule has 0 amide bonds. The van der Waals surface area contributed by atoms with Gasteiger partial charge in [0.1, 0.15) is 0 Å². The number of aromatic nitrogens is 2. The van der Waals surface area contributed by atoms with Gasteiger partial charge in [0.25, 0.3) is 5.22 Å². The van der Waals surface area contributed by atoms with Crippen LogP contribution in [-0.4, -0.2) is 54.1 Å². The van der Waals surface area contributed by atoms with Crippen LogP contribution in [0.1, 0.15) is 5.89 Å². The van der Waals surface area contributed by atoms with Crippen molar-refractivity contribution in [2.45, 2.75) is 17.7 Å². The zero-order chi connectivity index (χ0) is 10.7. The molecule has 0 aromatic carbocycles. The minimum Gasteiger partial charge on any atom is -0.416 e. The summed E-state index contributed by atoms with van der Waals surface area (Å²) in [5, 5.41) is 12.0. The van der Waals surface area contributed by atoms with Crippen LogP contribution >= 0.6 is 11.8 Å². The minimum absolute atomic E-state index is 0.430. The molecule has 1 fully saturated rings. The Kier molecular flexibility index (Phi) is 3.61. The maximum atomic E-state index is 5.45. The zero-order valence-electron chi connectivity index (χ0n) is 9.06. The van der Waals surface area contributed by atoms with Gasteiger partial charge in [-0.3, -0.25) is 0 Å². The van der Waals surface area contributed by atoms with E-state index in [0.717, 1.165) is 31.9 Å². The van der Waals surface area contributed by atoms with Crippen molar-refractivity contribution in [2.24, 2.45) is 0 Å². The molecular formula is C9H16N4OS. The fourth-order valence-corrected chi connectivity index (χ4v) is 2.04. The van der Waals surface area contributed by atoms with Crippen molar-refractivity contribution in [3.63, 3.8) is 0 Å². The average molecular weight is 228 g/mol. The number of nitrogens with one attached hydrogen (secondary N) is 1. The summed E-state index contributed by atoms with van der Waals surface area (Å²) >= 11 is 1.48. The summed E-state index contributed by atoms with van der Waals surface area (Å²) in [7, 11) is 2.13. The van der Waals surface area contributed by atoms with Gasteiger partial charge in [-0.25, -0.2) is 0 Å². The van der Waals surface area contributed by atoms with Crippen LogP contribution < -0.4 is 5.32 Å². The molecule has 0 radical (unpaired) electrons. The maximum absolute atomic E-state index is 5.45. The first-order valence-electron chi connectivity index (χ1n) is 5.06. The van der Waals surface area contributed by atoms with Crippen molar-refractivity contribution >= 4 is 11.8 Å². The number of likely N-dealkylation sites (N-methyl/N-ethyl adjacent to an activating group) is 1. The van der Waals surface area contributed by atoms with E-state index in [9.17, 15) is 0 Å². The van der Waals surface area contributed by atoms with E-state index in [0.29, 0.717) is 11.3 Å². The second kappa shape index (κ2) is 4.96. The van der Waals surface area contributed by atoms with Crippen molar-refractivity contribution < 1.29 is 4.42 Å². The lowest BCUT2D eigenvalue weighted by molar-refractivity contribution is 0.229. The van der Waals surface area contributed by atoms with Crippen LogP contribution in [0.25, 0.3) is 0 Å². The highest BCUT2D eigenvalue weighted by atomic mass is 32.2. The lowest BCUT2D eigenvalue weighted by Gasteiger charge is -2.29. The van der Waals surface area contributed by atoms with E-state index in [-0.39, 0.29) is 0 Å². The van der Waals surface area contributed by atoms with Crippen molar-refractivity contribution in [2.75, 3.05) is 32.9 Å². The third-order valence-corrected chi connectivity index (χ3v) is 3.02. The molecule has 15 heavy (non-hydrogen) atoms. The first-order chi connectivity index (χ1) is 7.28. The highest BCUT2D eigenvalue weighted by Gasteiger charge is 2.19. The van der Waals surface area contributed by atoms with Crippen LogP contribution in [0.5, 0.6) is 0 Å². The number of hydrogen-bond donors (Lipinski definition) is 1. The van der Waals surface area contributed by atoms with Crippen molar-refractivity contribution in [1.82, 2.24) is 20.4 Å². The summed E-state index contributed by atoms with van der Waals surface area (Å²) in [5.41, 5.74) is 0. The summed E-state index contributed by atoms with van der Waals surface area (Å²) < 4.78 is 5.45. The van der Waals surface area contributed by atoms with Crippen LogP contribution in [-0.2, 0) is 6.42 Å². The van der Waals surface area contributed by atoms with Gasteiger partial charge >= 0.3 is 0 Å². The van der Waals surface area contributed by atoms with E-state index in [1.54, 1.807) is 0 Å². The number of piperazine rings is 1. The fourth-order valence-electron chi connectivity index (χ4n) is 1.74. The molecule has 6 heteroatoms. The number of thioether (sulfide) groups is 1. The summed E-state index contributed by atoms with van der Waals surface area (Å²) in [6.45, 7) is 3.18. The van der Waals surface area contributed by atoms with Crippen LogP contribution in [0.2, 0.25) is 0 Å². The normalized spacial score (nSPS) is 23.2. The molecule has 0 bridgehead atoms. The van der Waals surface area contributed by atoms with Crippen LogP contribution in [0.15, 0.2) is 9.64 Å². The summed E-state index contributed by atoms with van der Waals surface area (Å²) in [4.78, 5) is 2.31. The Balaban J connectivity index is 1.90. The number of rotatable bonds is 3. The third kappa shape index (κ3) is 2.93. The molecule has 1 saturated heterocycles. The molecule has 2 rings (SSSR count). The van der Waals surface area contributed by atoms with Crippen molar-refractivity contribution in [3.8, 4) is 0 Å². The molecule has 1 aliphatic heterocycles. The van der Waals surface area contributed by atoms with Gasteiger partial charge in [-0.2, -0.15) is 0 Å². The van der Waals surface area contributed by atoms with Gasteiger partial charge in [0.15, 0.2) is 0 Å². The second-order valence-corrected chi connectivity index (χ2v) is 4.54. The SMILES string of the molecule is CSc1nnc(CC2CN(C)CCN2)o1. The van der Waals surface area contributed by atoms with Crippen molar-refractivity contribution in [1.29, 1.82) is 0 Å². The molecule has 2 heterocycles. The molecule has 1 N–H and O–H groups in total. The van der Waals surface area contributed by atoms with Crippen LogP contribution in [0, 0.1) is 0 Å². The Morgan fingerprint density at radius 3 is 3.13 bits per heavy atom. The monoisotopic (exact) mass is 228 g/mol. The van der Waals surface area contributed by atoms with E-state index in [2.05, 4.69) is 27.5 Å². The Bertz CT molecular complexity index is 317. The molecule has 0 saturated carbocycles. The molecule has 5 nitrogen and oxygen atoms in total. The van der Waals surface area contributed by atoms with Gasteiger partial charge in [-0.1, -0.05) is 11.8 Å². The molecule has 1 unspecified atom stereocenters.